The Labute approximate surface area is 124 Å². The number of nitro groups is 1. The van der Waals surface area contributed by atoms with Crippen molar-refractivity contribution in [2.45, 2.75) is 38.3 Å². The van der Waals surface area contributed by atoms with Crippen LogP contribution < -0.4 is 5.32 Å². The van der Waals surface area contributed by atoms with E-state index in [-0.39, 0.29) is 17.6 Å². The average molecular weight is 291 g/mol. The highest BCUT2D eigenvalue weighted by atomic mass is 16.6. The van der Waals surface area contributed by atoms with Crippen LogP contribution in [-0.4, -0.2) is 35.4 Å². The number of nitro benzene ring substituents is 1. The lowest BCUT2D eigenvalue weighted by molar-refractivity contribution is -0.384. The first-order valence-corrected chi connectivity index (χ1v) is 7.29. The minimum Gasteiger partial charge on any atom is -0.340 e. The summed E-state index contributed by atoms with van der Waals surface area (Å²) >= 11 is 0. The molecule has 1 heterocycles. The van der Waals surface area contributed by atoms with Gasteiger partial charge in [-0.3, -0.25) is 14.9 Å². The van der Waals surface area contributed by atoms with Gasteiger partial charge >= 0.3 is 0 Å². The Morgan fingerprint density at radius 2 is 2.24 bits per heavy atom. The number of nitrogens with zero attached hydrogens (tertiary/aromatic N) is 2. The largest absolute Gasteiger partial charge is 0.340 e. The van der Waals surface area contributed by atoms with E-state index in [9.17, 15) is 14.9 Å². The number of hydrogen-bond acceptors (Lipinski definition) is 4. The van der Waals surface area contributed by atoms with Crippen LogP contribution in [0.5, 0.6) is 0 Å². The second-order valence-electron chi connectivity index (χ2n) is 5.48. The van der Waals surface area contributed by atoms with E-state index in [2.05, 4.69) is 5.32 Å². The molecular weight excluding hydrogens is 270 g/mol. The second-order valence-corrected chi connectivity index (χ2v) is 5.48. The van der Waals surface area contributed by atoms with Crippen LogP contribution in [0.1, 0.15) is 31.2 Å². The molecule has 2 rings (SSSR count). The summed E-state index contributed by atoms with van der Waals surface area (Å²) in [6, 6.07) is 6.30. The van der Waals surface area contributed by atoms with Crippen LogP contribution in [0.25, 0.3) is 0 Å². The quantitative estimate of drug-likeness (QED) is 0.681. The van der Waals surface area contributed by atoms with Crippen LogP contribution in [0.15, 0.2) is 24.3 Å². The van der Waals surface area contributed by atoms with E-state index in [1.165, 1.54) is 12.1 Å². The standard InChI is InChI=1S/C15H21N3O3/c1-17(15(19)14-8-3-2-4-9-16-14)11-12-6-5-7-13(10-12)18(20)21/h5-7,10,14,16H,2-4,8-9,11H2,1H3. The molecule has 1 N–H and O–H groups in total. The first kappa shape index (κ1) is 15.4. The van der Waals surface area contributed by atoms with Gasteiger partial charge in [-0.1, -0.05) is 25.0 Å². The predicted molar refractivity (Wildman–Crippen MR) is 79.8 cm³/mol. The van der Waals surface area contributed by atoms with Crippen LogP contribution in [0.2, 0.25) is 0 Å². The van der Waals surface area contributed by atoms with Crippen LogP contribution in [0, 0.1) is 10.1 Å². The minimum atomic E-state index is -0.418. The van der Waals surface area contributed by atoms with Gasteiger partial charge in [0.2, 0.25) is 5.91 Å². The van der Waals surface area contributed by atoms with Crippen molar-refractivity contribution in [2.24, 2.45) is 0 Å². The Hall–Kier alpha value is -1.95. The lowest BCUT2D eigenvalue weighted by atomic mass is 10.1. The molecule has 1 aromatic carbocycles. The maximum Gasteiger partial charge on any atom is 0.269 e. The maximum atomic E-state index is 12.4. The number of benzene rings is 1. The van der Waals surface area contributed by atoms with Crippen molar-refractivity contribution in [2.75, 3.05) is 13.6 Å². The first-order valence-electron chi connectivity index (χ1n) is 7.29. The SMILES string of the molecule is CN(Cc1cccc([N+](=O)[O-])c1)C(=O)C1CCCCCN1. The molecule has 1 aromatic rings. The number of nitrogens with one attached hydrogen (secondary N) is 1. The third kappa shape index (κ3) is 4.26. The molecule has 1 amide bonds. The molecule has 0 aliphatic carbocycles. The van der Waals surface area contributed by atoms with Gasteiger partial charge in [-0.15, -0.1) is 0 Å². The number of amides is 1. The van der Waals surface area contributed by atoms with Crippen molar-refractivity contribution in [1.82, 2.24) is 10.2 Å². The van der Waals surface area contributed by atoms with Gasteiger partial charge in [-0.25, -0.2) is 0 Å². The molecule has 1 fully saturated rings. The van der Waals surface area contributed by atoms with Gasteiger partial charge in [0.05, 0.1) is 11.0 Å². The average Bonchev–Trinajstić information content (AvgIpc) is 2.75. The lowest BCUT2D eigenvalue weighted by Gasteiger charge is -2.23. The summed E-state index contributed by atoms with van der Waals surface area (Å²) in [6.07, 6.45) is 4.19. The first-order chi connectivity index (χ1) is 10.1. The van der Waals surface area contributed by atoms with E-state index in [1.54, 1.807) is 24.1 Å². The summed E-state index contributed by atoms with van der Waals surface area (Å²) in [5, 5.41) is 14.1. The summed E-state index contributed by atoms with van der Waals surface area (Å²) in [5.41, 5.74) is 0.828. The Bertz CT molecular complexity index is 511. The zero-order valence-corrected chi connectivity index (χ0v) is 12.2. The van der Waals surface area contributed by atoms with Gasteiger partial charge in [0.1, 0.15) is 0 Å². The van der Waals surface area contributed by atoms with E-state index in [0.717, 1.165) is 37.8 Å². The number of carbonyl (C=O) groups excluding carboxylic acids is 1. The molecule has 0 spiro atoms. The third-order valence-electron chi connectivity index (χ3n) is 3.78. The van der Waals surface area contributed by atoms with Gasteiger partial charge < -0.3 is 10.2 Å². The molecule has 0 radical (unpaired) electrons. The summed E-state index contributed by atoms with van der Waals surface area (Å²) in [5.74, 6) is 0.0587. The van der Waals surface area contributed by atoms with Crippen LogP contribution in [0.4, 0.5) is 5.69 Å². The highest BCUT2D eigenvalue weighted by Gasteiger charge is 2.23. The molecule has 6 heteroatoms. The van der Waals surface area contributed by atoms with Crippen molar-refractivity contribution in [1.29, 1.82) is 0 Å². The molecule has 0 saturated carbocycles. The van der Waals surface area contributed by atoms with E-state index in [1.807, 2.05) is 0 Å². The molecule has 0 bridgehead atoms. The predicted octanol–water partition coefficient (Wildman–Crippen LogP) is 2.09. The van der Waals surface area contributed by atoms with Crippen LogP contribution >= 0.6 is 0 Å². The lowest BCUT2D eigenvalue weighted by Crippen LogP contribution is -2.44. The molecule has 0 aromatic heterocycles. The van der Waals surface area contributed by atoms with E-state index < -0.39 is 4.92 Å². The van der Waals surface area contributed by atoms with Crippen LogP contribution in [-0.2, 0) is 11.3 Å². The molecule has 21 heavy (non-hydrogen) atoms. The summed E-state index contributed by atoms with van der Waals surface area (Å²) in [4.78, 5) is 24.4. The molecule has 114 valence electrons. The number of non-ortho nitro benzene ring substituents is 1. The number of likely N-dealkylation sites (N-methyl/N-ethyl adjacent to an activating group) is 1. The Kier molecular flexibility index (Phi) is 5.27. The van der Waals surface area contributed by atoms with Gasteiger partial charge in [-0.05, 0) is 24.9 Å². The maximum absolute atomic E-state index is 12.4. The molecule has 1 saturated heterocycles. The van der Waals surface area contributed by atoms with Gasteiger partial charge in [0.15, 0.2) is 0 Å². The molecular formula is C15H21N3O3. The topological polar surface area (TPSA) is 75.5 Å². The molecule has 6 nitrogen and oxygen atoms in total. The van der Waals surface area contributed by atoms with Gasteiger partial charge in [-0.2, -0.15) is 0 Å². The zero-order chi connectivity index (χ0) is 15.2. The summed E-state index contributed by atoms with van der Waals surface area (Å²) in [7, 11) is 1.74. The normalized spacial score (nSPS) is 18.8. The zero-order valence-electron chi connectivity index (χ0n) is 12.2. The van der Waals surface area contributed by atoms with Gasteiger partial charge in [0.25, 0.3) is 5.69 Å². The number of carbonyl (C=O) groups is 1. The van der Waals surface area contributed by atoms with Crippen molar-refractivity contribution in [3.05, 3.63) is 39.9 Å². The molecule has 1 aliphatic rings. The summed E-state index contributed by atoms with van der Waals surface area (Å²) < 4.78 is 0. The fourth-order valence-corrected chi connectivity index (χ4v) is 2.63. The smallest absolute Gasteiger partial charge is 0.269 e. The van der Waals surface area contributed by atoms with Crippen molar-refractivity contribution in [3.63, 3.8) is 0 Å². The Morgan fingerprint density at radius 3 is 3.00 bits per heavy atom. The fraction of sp³-hybridized carbons (Fsp3) is 0.533. The second kappa shape index (κ2) is 7.17. The summed E-state index contributed by atoms with van der Waals surface area (Å²) in [6.45, 7) is 1.26. The van der Waals surface area contributed by atoms with E-state index >= 15 is 0 Å². The number of rotatable bonds is 4. The van der Waals surface area contributed by atoms with E-state index in [4.69, 9.17) is 0 Å². The van der Waals surface area contributed by atoms with Crippen molar-refractivity contribution in [3.8, 4) is 0 Å². The molecule has 1 atom stereocenters. The number of hydrogen-bond donors (Lipinski definition) is 1. The van der Waals surface area contributed by atoms with Crippen molar-refractivity contribution < 1.29 is 9.72 Å². The Morgan fingerprint density at radius 1 is 1.43 bits per heavy atom. The Balaban J connectivity index is 1.99. The third-order valence-corrected chi connectivity index (χ3v) is 3.78. The molecule has 1 aliphatic heterocycles. The minimum absolute atomic E-state index is 0.0564. The fourth-order valence-electron chi connectivity index (χ4n) is 2.63. The van der Waals surface area contributed by atoms with E-state index in [0.29, 0.717) is 6.54 Å². The highest BCUT2D eigenvalue weighted by Crippen LogP contribution is 2.16. The highest BCUT2D eigenvalue weighted by molar-refractivity contribution is 5.81. The molecule has 1 unspecified atom stereocenters. The van der Waals surface area contributed by atoms with Gasteiger partial charge in [0, 0.05) is 25.7 Å². The van der Waals surface area contributed by atoms with Crippen molar-refractivity contribution >= 4 is 11.6 Å². The van der Waals surface area contributed by atoms with Crippen LogP contribution in [0.3, 0.4) is 0 Å². The monoisotopic (exact) mass is 291 g/mol.